The number of hydrogen-bond acceptors (Lipinski definition) is 0. The molecule has 0 amide bonds. The van der Waals surface area contributed by atoms with E-state index in [4.69, 9.17) is 0 Å². The Morgan fingerprint density at radius 1 is 1.25 bits per heavy atom. The third-order valence-corrected chi connectivity index (χ3v) is 2.26. The van der Waals surface area contributed by atoms with Gasteiger partial charge in [-0.2, -0.15) is 0 Å². The van der Waals surface area contributed by atoms with Crippen LogP contribution in [0.25, 0.3) is 0 Å². The predicted molar refractivity (Wildman–Crippen MR) is 54.8 cm³/mol. The quantitative estimate of drug-likeness (QED) is 0.589. The van der Waals surface area contributed by atoms with Gasteiger partial charge < -0.3 is 0 Å². The molecule has 0 saturated carbocycles. The van der Waals surface area contributed by atoms with E-state index >= 15 is 0 Å². The van der Waals surface area contributed by atoms with Crippen molar-refractivity contribution in [3.63, 3.8) is 0 Å². The Hall–Kier alpha value is -0.520. The fourth-order valence-corrected chi connectivity index (χ4v) is 1.68. The molecule has 1 aliphatic carbocycles. The van der Waals surface area contributed by atoms with Crippen molar-refractivity contribution in [1.82, 2.24) is 0 Å². The normalized spacial score (nSPS) is 22.5. The summed E-state index contributed by atoms with van der Waals surface area (Å²) in [5.41, 5.74) is 1.53. The minimum atomic E-state index is 0.710. The summed E-state index contributed by atoms with van der Waals surface area (Å²) < 4.78 is 0. The summed E-state index contributed by atoms with van der Waals surface area (Å²) in [6, 6.07) is 0. The number of hydrogen-bond donors (Lipinski definition) is 0. The zero-order chi connectivity index (χ0) is 8.81. The first-order chi connectivity index (χ1) is 5.86. The van der Waals surface area contributed by atoms with Gasteiger partial charge in [0, 0.05) is 0 Å². The molecule has 0 aromatic heterocycles. The molecule has 0 nitrogen and oxygen atoms in total. The second kappa shape index (κ2) is 5.18. The zero-order valence-corrected chi connectivity index (χ0v) is 8.22. The van der Waals surface area contributed by atoms with Crippen LogP contribution in [0.2, 0.25) is 0 Å². The summed E-state index contributed by atoms with van der Waals surface area (Å²) in [4.78, 5) is 0. The van der Waals surface area contributed by atoms with Gasteiger partial charge in [-0.1, -0.05) is 50.5 Å². The molecule has 0 fully saturated rings. The molecular weight excluding hydrogens is 144 g/mol. The number of rotatable bonds is 4. The van der Waals surface area contributed by atoms with Crippen LogP contribution < -0.4 is 0 Å². The first-order valence-electron chi connectivity index (χ1n) is 5.09. The first-order valence-corrected chi connectivity index (χ1v) is 5.09. The highest BCUT2D eigenvalue weighted by Crippen LogP contribution is 2.24. The van der Waals surface area contributed by atoms with E-state index in [-0.39, 0.29) is 0 Å². The molecule has 0 spiro atoms. The van der Waals surface area contributed by atoms with Crippen LogP contribution >= 0.6 is 0 Å². The van der Waals surface area contributed by atoms with E-state index in [1.54, 1.807) is 0 Å². The summed E-state index contributed by atoms with van der Waals surface area (Å²) in [6.07, 6.45) is 14.3. The van der Waals surface area contributed by atoms with Crippen molar-refractivity contribution in [2.75, 3.05) is 0 Å². The molecule has 1 atom stereocenters. The van der Waals surface area contributed by atoms with Gasteiger partial charge >= 0.3 is 0 Å². The summed E-state index contributed by atoms with van der Waals surface area (Å²) in [5, 5.41) is 0. The van der Waals surface area contributed by atoms with Gasteiger partial charge in [0.25, 0.3) is 0 Å². The average Bonchev–Trinajstić information content (AvgIpc) is 2.06. The van der Waals surface area contributed by atoms with Crippen LogP contribution in [0.3, 0.4) is 0 Å². The monoisotopic (exact) mass is 163 g/mol. The highest BCUT2D eigenvalue weighted by molar-refractivity contribution is 5.28. The fourth-order valence-electron chi connectivity index (χ4n) is 1.68. The minimum Gasteiger partial charge on any atom is -0.0808 e. The maximum Gasteiger partial charge on any atom is -0.00656 e. The summed E-state index contributed by atoms with van der Waals surface area (Å²) in [5.74, 6) is 0.710. The third kappa shape index (κ3) is 2.84. The van der Waals surface area contributed by atoms with Crippen molar-refractivity contribution < 1.29 is 0 Å². The van der Waals surface area contributed by atoms with E-state index in [1.807, 2.05) is 0 Å². The average molecular weight is 163 g/mol. The fraction of sp³-hybridized carbons (Fsp3) is 0.583. The van der Waals surface area contributed by atoms with Crippen LogP contribution in [0.5, 0.6) is 0 Å². The summed E-state index contributed by atoms with van der Waals surface area (Å²) in [6.45, 7) is 4.49. The molecule has 1 aliphatic rings. The van der Waals surface area contributed by atoms with Crippen molar-refractivity contribution in [1.29, 1.82) is 0 Å². The molecule has 0 aromatic rings. The SMILES string of the molecule is CCCC1=CC=CC(CCC)[CH]1. The Labute approximate surface area is 76.4 Å². The zero-order valence-electron chi connectivity index (χ0n) is 8.22. The lowest BCUT2D eigenvalue weighted by Gasteiger charge is -2.16. The van der Waals surface area contributed by atoms with Gasteiger partial charge in [0.1, 0.15) is 0 Å². The van der Waals surface area contributed by atoms with Gasteiger partial charge in [-0.25, -0.2) is 0 Å². The predicted octanol–water partition coefficient (Wildman–Crippen LogP) is 3.90. The van der Waals surface area contributed by atoms with Crippen molar-refractivity contribution in [2.24, 2.45) is 5.92 Å². The standard InChI is InChI=1S/C12H19/c1-3-6-11-8-5-9-12(10-11)7-4-2/h5,8-11H,3-4,6-7H2,1-2H3. The molecule has 67 valence electrons. The highest BCUT2D eigenvalue weighted by atomic mass is 14.1. The molecular formula is C12H19. The van der Waals surface area contributed by atoms with Gasteiger partial charge in [0.05, 0.1) is 0 Å². The van der Waals surface area contributed by atoms with E-state index in [9.17, 15) is 0 Å². The van der Waals surface area contributed by atoms with Crippen molar-refractivity contribution >= 4 is 0 Å². The first kappa shape index (κ1) is 9.57. The molecule has 0 heteroatoms. The van der Waals surface area contributed by atoms with E-state index in [2.05, 4.69) is 38.5 Å². The van der Waals surface area contributed by atoms with Gasteiger partial charge in [-0.15, -0.1) is 0 Å². The second-order valence-electron chi connectivity index (χ2n) is 3.50. The third-order valence-electron chi connectivity index (χ3n) is 2.26. The minimum absolute atomic E-state index is 0.710. The largest absolute Gasteiger partial charge is 0.0808 e. The lowest BCUT2D eigenvalue weighted by Crippen LogP contribution is -2.02. The van der Waals surface area contributed by atoms with Crippen molar-refractivity contribution in [3.05, 3.63) is 30.2 Å². The molecule has 1 rings (SSSR count). The molecule has 0 saturated heterocycles. The van der Waals surface area contributed by atoms with E-state index < -0.39 is 0 Å². The van der Waals surface area contributed by atoms with Gasteiger partial charge in [-0.3, -0.25) is 0 Å². The molecule has 0 aliphatic heterocycles. The van der Waals surface area contributed by atoms with E-state index in [0.717, 1.165) is 0 Å². The van der Waals surface area contributed by atoms with Crippen molar-refractivity contribution in [2.45, 2.75) is 39.5 Å². The van der Waals surface area contributed by atoms with Crippen LogP contribution in [0.15, 0.2) is 23.8 Å². The Kier molecular flexibility index (Phi) is 4.13. The second-order valence-corrected chi connectivity index (χ2v) is 3.50. The highest BCUT2D eigenvalue weighted by Gasteiger charge is 2.09. The van der Waals surface area contributed by atoms with E-state index in [1.165, 1.54) is 31.3 Å². The molecule has 12 heavy (non-hydrogen) atoms. The Balaban J connectivity index is 2.38. The van der Waals surface area contributed by atoms with Gasteiger partial charge in [-0.05, 0) is 25.2 Å². The van der Waals surface area contributed by atoms with E-state index in [0.29, 0.717) is 5.92 Å². The molecule has 1 radical (unpaired) electrons. The summed E-state index contributed by atoms with van der Waals surface area (Å²) in [7, 11) is 0. The Morgan fingerprint density at radius 2 is 2.08 bits per heavy atom. The van der Waals surface area contributed by atoms with Gasteiger partial charge in [0.15, 0.2) is 0 Å². The lowest BCUT2D eigenvalue weighted by atomic mass is 9.89. The van der Waals surface area contributed by atoms with Crippen LogP contribution in [0.1, 0.15) is 39.5 Å². The maximum atomic E-state index is 2.42. The molecule has 0 heterocycles. The summed E-state index contributed by atoms with van der Waals surface area (Å²) >= 11 is 0. The molecule has 0 bridgehead atoms. The van der Waals surface area contributed by atoms with Crippen LogP contribution in [-0.4, -0.2) is 0 Å². The Bertz CT molecular complexity index is 174. The Morgan fingerprint density at radius 3 is 2.75 bits per heavy atom. The lowest BCUT2D eigenvalue weighted by molar-refractivity contribution is 0.645. The van der Waals surface area contributed by atoms with Crippen molar-refractivity contribution in [3.8, 4) is 0 Å². The molecule has 0 aromatic carbocycles. The van der Waals surface area contributed by atoms with Gasteiger partial charge in [0.2, 0.25) is 0 Å². The smallest absolute Gasteiger partial charge is 0.00656 e. The number of allylic oxidation sites excluding steroid dienone is 4. The topological polar surface area (TPSA) is 0 Å². The van der Waals surface area contributed by atoms with Crippen LogP contribution in [0.4, 0.5) is 0 Å². The molecule has 0 N–H and O–H groups in total. The van der Waals surface area contributed by atoms with Crippen LogP contribution in [0, 0.1) is 12.3 Å². The molecule has 1 unspecified atom stereocenters. The van der Waals surface area contributed by atoms with Crippen LogP contribution in [-0.2, 0) is 0 Å². The maximum absolute atomic E-state index is 2.42.